The Bertz CT molecular complexity index is 350. The summed E-state index contributed by atoms with van der Waals surface area (Å²) in [6.45, 7) is 3.28. The lowest BCUT2D eigenvalue weighted by atomic mass is 9.95. The van der Waals surface area contributed by atoms with E-state index in [9.17, 15) is 4.21 Å². The fourth-order valence-corrected chi connectivity index (χ4v) is 5.15. The molecule has 1 N–H and O–H groups in total. The molecular weight excluding hydrogens is 250 g/mol. The minimum absolute atomic E-state index is 0.358. The Kier molecular flexibility index (Phi) is 5.19. The molecule has 2 nitrogen and oxygen atoms in total. The topological polar surface area (TPSA) is 29.1 Å². The Morgan fingerprint density at radius 3 is 3.12 bits per heavy atom. The zero-order valence-electron chi connectivity index (χ0n) is 10.4. The van der Waals surface area contributed by atoms with Crippen LogP contribution in [0.4, 0.5) is 0 Å². The maximum atomic E-state index is 12.4. The lowest BCUT2D eigenvalue weighted by Gasteiger charge is -2.29. The molecule has 1 heterocycles. The predicted octanol–water partition coefficient (Wildman–Crippen LogP) is 3.17. The van der Waals surface area contributed by atoms with Crippen LogP contribution in [0.1, 0.15) is 39.0 Å². The molecule has 17 heavy (non-hydrogen) atoms. The third-order valence-corrected chi connectivity index (χ3v) is 6.31. The van der Waals surface area contributed by atoms with E-state index in [1.807, 2.05) is 17.5 Å². The monoisotopic (exact) mass is 271 g/mol. The van der Waals surface area contributed by atoms with Crippen LogP contribution in [0.2, 0.25) is 0 Å². The lowest BCUT2D eigenvalue weighted by Crippen LogP contribution is -2.37. The van der Waals surface area contributed by atoms with E-state index in [0.717, 1.165) is 23.6 Å². The van der Waals surface area contributed by atoms with Gasteiger partial charge in [0.2, 0.25) is 0 Å². The highest BCUT2D eigenvalue weighted by atomic mass is 32.2. The molecule has 1 saturated carbocycles. The molecule has 0 aliphatic heterocycles. The molecule has 3 unspecified atom stereocenters. The molecule has 1 fully saturated rings. The summed E-state index contributed by atoms with van der Waals surface area (Å²) in [6, 6.07) is 4.58. The van der Waals surface area contributed by atoms with Crippen molar-refractivity contribution >= 4 is 22.1 Å². The minimum Gasteiger partial charge on any atom is -0.314 e. The van der Waals surface area contributed by atoms with Crippen molar-refractivity contribution in [1.29, 1.82) is 0 Å². The van der Waals surface area contributed by atoms with Crippen LogP contribution in [0.3, 0.4) is 0 Å². The van der Waals surface area contributed by atoms with Gasteiger partial charge in [0.1, 0.15) is 0 Å². The molecule has 96 valence electrons. The summed E-state index contributed by atoms with van der Waals surface area (Å²) in [5.74, 6) is 0. The highest BCUT2D eigenvalue weighted by Gasteiger charge is 2.26. The first kappa shape index (κ1) is 13.2. The molecule has 1 aliphatic carbocycles. The average molecular weight is 271 g/mol. The first-order valence-electron chi connectivity index (χ1n) is 6.48. The van der Waals surface area contributed by atoms with Crippen LogP contribution in [-0.2, 0) is 10.8 Å². The quantitative estimate of drug-likeness (QED) is 0.891. The SMILES string of the molecule is CCCNC1CCCC(S(=O)c2cccs2)C1. The van der Waals surface area contributed by atoms with E-state index in [0.29, 0.717) is 11.3 Å². The van der Waals surface area contributed by atoms with Crippen molar-refractivity contribution in [2.75, 3.05) is 6.54 Å². The summed E-state index contributed by atoms with van der Waals surface area (Å²) < 4.78 is 13.4. The maximum Gasteiger partial charge on any atom is 0.0913 e. The lowest BCUT2D eigenvalue weighted by molar-refractivity contribution is 0.378. The van der Waals surface area contributed by atoms with Gasteiger partial charge < -0.3 is 5.32 Å². The van der Waals surface area contributed by atoms with Crippen LogP contribution in [0.5, 0.6) is 0 Å². The van der Waals surface area contributed by atoms with Crippen molar-refractivity contribution < 1.29 is 4.21 Å². The summed E-state index contributed by atoms with van der Waals surface area (Å²) >= 11 is 1.62. The molecule has 4 heteroatoms. The highest BCUT2D eigenvalue weighted by Crippen LogP contribution is 2.28. The summed E-state index contributed by atoms with van der Waals surface area (Å²) in [5, 5.41) is 5.95. The number of hydrogen-bond acceptors (Lipinski definition) is 3. The zero-order valence-corrected chi connectivity index (χ0v) is 12.0. The number of nitrogens with one attached hydrogen (secondary N) is 1. The molecule has 0 radical (unpaired) electrons. The maximum absolute atomic E-state index is 12.4. The van der Waals surface area contributed by atoms with E-state index < -0.39 is 10.8 Å². The standard InChI is InChI=1S/C13H21NOS2/c1-2-8-14-11-5-3-6-12(10-11)17(15)13-7-4-9-16-13/h4,7,9,11-12,14H,2-3,5-6,8,10H2,1H3. The van der Waals surface area contributed by atoms with Gasteiger partial charge in [-0.25, -0.2) is 0 Å². The van der Waals surface area contributed by atoms with Crippen LogP contribution in [0.25, 0.3) is 0 Å². The van der Waals surface area contributed by atoms with Gasteiger partial charge in [0.25, 0.3) is 0 Å². The number of rotatable bonds is 5. The molecule has 0 amide bonds. The van der Waals surface area contributed by atoms with Crippen LogP contribution < -0.4 is 5.32 Å². The van der Waals surface area contributed by atoms with E-state index in [1.54, 1.807) is 11.3 Å². The van der Waals surface area contributed by atoms with Gasteiger partial charge in [0.05, 0.1) is 15.0 Å². The van der Waals surface area contributed by atoms with Crippen molar-refractivity contribution in [3.63, 3.8) is 0 Å². The molecule has 0 bridgehead atoms. The van der Waals surface area contributed by atoms with Crippen LogP contribution in [-0.4, -0.2) is 22.0 Å². The largest absolute Gasteiger partial charge is 0.314 e. The highest BCUT2D eigenvalue weighted by molar-refractivity contribution is 7.87. The van der Waals surface area contributed by atoms with Crippen molar-refractivity contribution in [2.24, 2.45) is 0 Å². The molecule has 0 spiro atoms. The van der Waals surface area contributed by atoms with E-state index in [4.69, 9.17) is 0 Å². The Morgan fingerprint density at radius 1 is 1.53 bits per heavy atom. The van der Waals surface area contributed by atoms with Gasteiger partial charge >= 0.3 is 0 Å². The second kappa shape index (κ2) is 6.66. The molecule has 1 aromatic heterocycles. The zero-order chi connectivity index (χ0) is 12.1. The molecule has 2 rings (SSSR count). The van der Waals surface area contributed by atoms with Gasteiger partial charge in [-0.3, -0.25) is 4.21 Å². The fraction of sp³-hybridized carbons (Fsp3) is 0.692. The van der Waals surface area contributed by atoms with Crippen molar-refractivity contribution in [3.8, 4) is 0 Å². The molecule has 1 aliphatic rings. The summed E-state index contributed by atoms with van der Waals surface area (Å²) in [6.07, 6.45) is 5.83. The van der Waals surface area contributed by atoms with E-state index in [-0.39, 0.29) is 0 Å². The van der Waals surface area contributed by atoms with Gasteiger partial charge in [-0.2, -0.15) is 0 Å². The predicted molar refractivity (Wildman–Crippen MR) is 75.1 cm³/mol. The van der Waals surface area contributed by atoms with Crippen molar-refractivity contribution in [3.05, 3.63) is 17.5 Å². The molecule has 0 aromatic carbocycles. The molecule has 0 saturated heterocycles. The Hall–Kier alpha value is -0.190. The van der Waals surface area contributed by atoms with Gasteiger partial charge in [-0.15, -0.1) is 11.3 Å². The van der Waals surface area contributed by atoms with Crippen molar-refractivity contribution in [1.82, 2.24) is 5.32 Å². The Balaban J connectivity index is 1.90. The van der Waals surface area contributed by atoms with E-state index in [2.05, 4.69) is 12.2 Å². The number of hydrogen-bond donors (Lipinski definition) is 1. The minimum atomic E-state index is -0.786. The molecule has 1 aromatic rings. The third-order valence-electron chi connectivity index (χ3n) is 3.31. The van der Waals surface area contributed by atoms with Gasteiger partial charge in [0, 0.05) is 11.3 Å². The van der Waals surface area contributed by atoms with Gasteiger partial charge in [-0.1, -0.05) is 19.4 Å². The Morgan fingerprint density at radius 2 is 2.41 bits per heavy atom. The third kappa shape index (κ3) is 3.63. The summed E-state index contributed by atoms with van der Waals surface area (Å²) in [5.41, 5.74) is 0. The molecule has 3 atom stereocenters. The van der Waals surface area contributed by atoms with E-state index >= 15 is 0 Å². The fourth-order valence-electron chi connectivity index (χ4n) is 2.42. The van der Waals surface area contributed by atoms with Crippen molar-refractivity contribution in [2.45, 2.75) is 54.5 Å². The first-order valence-corrected chi connectivity index (χ1v) is 8.58. The molecular formula is C13H21NOS2. The van der Waals surface area contributed by atoms with Gasteiger partial charge in [-0.05, 0) is 43.7 Å². The summed E-state index contributed by atoms with van der Waals surface area (Å²) in [7, 11) is -0.786. The van der Waals surface area contributed by atoms with Crippen LogP contribution in [0, 0.1) is 0 Å². The van der Waals surface area contributed by atoms with Crippen LogP contribution >= 0.6 is 11.3 Å². The smallest absolute Gasteiger partial charge is 0.0913 e. The first-order chi connectivity index (χ1) is 8.31. The second-order valence-electron chi connectivity index (χ2n) is 4.67. The van der Waals surface area contributed by atoms with Gasteiger partial charge in [0.15, 0.2) is 0 Å². The second-order valence-corrected chi connectivity index (χ2v) is 7.58. The normalized spacial score (nSPS) is 26.9. The average Bonchev–Trinajstić information content (AvgIpc) is 2.89. The van der Waals surface area contributed by atoms with E-state index in [1.165, 1.54) is 19.3 Å². The summed E-state index contributed by atoms with van der Waals surface area (Å²) in [4.78, 5) is 0. The Labute approximate surface area is 110 Å². The van der Waals surface area contributed by atoms with Crippen LogP contribution in [0.15, 0.2) is 21.7 Å². The number of thiophene rings is 1.